The van der Waals surface area contributed by atoms with Crippen LogP contribution in [0.2, 0.25) is 0 Å². The fourth-order valence-electron chi connectivity index (χ4n) is 3.42. The lowest BCUT2D eigenvalue weighted by molar-refractivity contribution is -0.116. The van der Waals surface area contributed by atoms with Crippen molar-refractivity contribution in [3.8, 4) is 0 Å². The molecule has 29 heavy (non-hydrogen) atoms. The number of fused-ring (bicyclic) bond motifs is 1. The van der Waals surface area contributed by atoms with Gasteiger partial charge >= 0.3 is 0 Å². The quantitative estimate of drug-likeness (QED) is 0.423. The Balaban J connectivity index is 1.69. The second kappa shape index (κ2) is 8.12. The van der Waals surface area contributed by atoms with Gasteiger partial charge in [0.05, 0.1) is 5.56 Å². The fourth-order valence-corrected chi connectivity index (χ4v) is 4.60. The van der Waals surface area contributed by atoms with Crippen molar-refractivity contribution in [1.29, 1.82) is 0 Å². The smallest absolute Gasteiger partial charge is 0.257 e. The first kappa shape index (κ1) is 19.8. The molecule has 0 bridgehead atoms. The standard InChI is InChI=1S/C21H17BrFN3O2S/c1-11-3-2-4-12(7-11)10-29-21-25-19-18(20(28)26-21)15(9-17(27)24-19)14-8-13(22)5-6-16(14)23/h2-8,15H,9-10H2,1H3,(H2,24,25,26,27,28). The van der Waals surface area contributed by atoms with Gasteiger partial charge in [0, 0.05) is 22.6 Å². The van der Waals surface area contributed by atoms with Gasteiger partial charge in [0.25, 0.3) is 5.56 Å². The van der Waals surface area contributed by atoms with Crippen LogP contribution in [0.25, 0.3) is 0 Å². The third kappa shape index (κ3) is 4.28. The lowest BCUT2D eigenvalue weighted by Gasteiger charge is -2.25. The summed E-state index contributed by atoms with van der Waals surface area (Å²) < 4.78 is 15.1. The third-order valence-corrected chi connectivity index (χ3v) is 6.16. The average Bonchev–Trinajstić information content (AvgIpc) is 2.67. The van der Waals surface area contributed by atoms with Gasteiger partial charge in [-0.15, -0.1) is 0 Å². The number of nitrogens with one attached hydrogen (secondary N) is 2. The summed E-state index contributed by atoms with van der Waals surface area (Å²) in [6.45, 7) is 2.02. The van der Waals surface area contributed by atoms with Crippen LogP contribution in [0.5, 0.6) is 0 Å². The SMILES string of the molecule is Cc1cccc(CSc2nc3c(c(=O)[nH]2)C(c2cc(Br)ccc2F)CC(=O)N3)c1. The van der Waals surface area contributed by atoms with E-state index < -0.39 is 11.7 Å². The zero-order chi connectivity index (χ0) is 20.5. The van der Waals surface area contributed by atoms with Gasteiger partial charge in [0.15, 0.2) is 5.16 Å². The van der Waals surface area contributed by atoms with E-state index in [-0.39, 0.29) is 29.3 Å². The summed E-state index contributed by atoms with van der Waals surface area (Å²) in [5.41, 5.74) is 2.46. The Morgan fingerprint density at radius 2 is 2.07 bits per heavy atom. The van der Waals surface area contributed by atoms with Gasteiger partial charge < -0.3 is 10.3 Å². The molecule has 2 aromatic carbocycles. The summed E-state index contributed by atoms with van der Waals surface area (Å²) >= 11 is 4.70. The van der Waals surface area contributed by atoms with Crippen LogP contribution in [0, 0.1) is 12.7 Å². The van der Waals surface area contributed by atoms with Crippen molar-refractivity contribution in [1.82, 2.24) is 9.97 Å². The maximum absolute atomic E-state index is 14.4. The first-order chi connectivity index (χ1) is 13.9. The third-order valence-electron chi connectivity index (χ3n) is 4.72. The van der Waals surface area contributed by atoms with E-state index in [9.17, 15) is 14.0 Å². The number of aryl methyl sites for hydroxylation is 1. The number of halogens is 2. The van der Waals surface area contributed by atoms with E-state index in [0.717, 1.165) is 11.1 Å². The normalized spacial score (nSPS) is 15.7. The molecule has 2 heterocycles. The highest BCUT2D eigenvalue weighted by atomic mass is 79.9. The zero-order valence-corrected chi connectivity index (χ0v) is 17.9. The largest absolute Gasteiger partial charge is 0.310 e. The number of nitrogens with zero attached hydrogens (tertiary/aromatic N) is 1. The van der Waals surface area contributed by atoms with Gasteiger partial charge in [0.1, 0.15) is 11.6 Å². The van der Waals surface area contributed by atoms with Crippen molar-refractivity contribution in [2.75, 3.05) is 5.32 Å². The van der Waals surface area contributed by atoms with Crippen LogP contribution in [0.15, 0.2) is 56.9 Å². The number of carbonyl (C=O) groups excluding carboxylic acids is 1. The van der Waals surface area contributed by atoms with Crippen molar-refractivity contribution in [2.24, 2.45) is 0 Å². The summed E-state index contributed by atoms with van der Waals surface area (Å²) in [6.07, 6.45) is -0.0130. The maximum atomic E-state index is 14.4. The number of carbonyl (C=O) groups is 1. The minimum Gasteiger partial charge on any atom is -0.310 e. The number of aromatic nitrogens is 2. The minimum atomic E-state index is -0.691. The van der Waals surface area contributed by atoms with Gasteiger partial charge in [-0.25, -0.2) is 9.37 Å². The highest BCUT2D eigenvalue weighted by molar-refractivity contribution is 9.10. The second-order valence-corrected chi connectivity index (χ2v) is 8.76. The van der Waals surface area contributed by atoms with Crippen LogP contribution in [0.4, 0.5) is 10.2 Å². The summed E-state index contributed by atoms with van der Waals surface area (Å²) in [6, 6.07) is 12.6. The van der Waals surface area contributed by atoms with E-state index in [2.05, 4.69) is 37.3 Å². The number of rotatable bonds is 4. The molecule has 4 rings (SSSR count). The first-order valence-corrected chi connectivity index (χ1v) is 10.8. The van der Waals surface area contributed by atoms with E-state index in [4.69, 9.17) is 0 Å². The highest BCUT2D eigenvalue weighted by Gasteiger charge is 2.32. The van der Waals surface area contributed by atoms with Gasteiger partial charge in [0.2, 0.25) is 5.91 Å². The van der Waals surface area contributed by atoms with E-state index in [1.807, 2.05) is 25.1 Å². The highest BCUT2D eigenvalue weighted by Crippen LogP contribution is 2.36. The summed E-state index contributed by atoms with van der Waals surface area (Å²) in [5, 5.41) is 3.07. The molecule has 1 aliphatic heterocycles. The lowest BCUT2D eigenvalue weighted by atomic mass is 9.86. The molecule has 1 aromatic heterocycles. The van der Waals surface area contributed by atoms with Gasteiger partial charge in [-0.1, -0.05) is 57.5 Å². The van der Waals surface area contributed by atoms with E-state index in [1.165, 1.54) is 17.8 Å². The Labute approximate surface area is 179 Å². The molecule has 148 valence electrons. The number of hydrogen-bond donors (Lipinski definition) is 2. The number of hydrogen-bond acceptors (Lipinski definition) is 4. The van der Waals surface area contributed by atoms with Crippen molar-refractivity contribution in [3.05, 3.63) is 85.4 Å². The number of thioether (sulfide) groups is 1. The number of anilines is 1. The predicted octanol–water partition coefficient (Wildman–Crippen LogP) is 4.75. The molecule has 0 fully saturated rings. The average molecular weight is 474 g/mol. The van der Waals surface area contributed by atoms with Crippen LogP contribution in [0.1, 0.15) is 34.6 Å². The van der Waals surface area contributed by atoms with E-state index in [1.54, 1.807) is 12.1 Å². The first-order valence-electron chi connectivity index (χ1n) is 8.98. The van der Waals surface area contributed by atoms with Crippen LogP contribution in [0.3, 0.4) is 0 Å². The molecular weight excluding hydrogens is 457 g/mol. The predicted molar refractivity (Wildman–Crippen MR) is 115 cm³/mol. The van der Waals surface area contributed by atoms with Crippen molar-refractivity contribution < 1.29 is 9.18 Å². The molecule has 0 saturated carbocycles. The minimum absolute atomic E-state index is 0.0130. The van der Waals surface area contributed by atoms with Crippen LogP contribution in [-0.4, -0.2) is 15.9 Å². The summed E-state index contributed by atoms with van der Waals surface area (Å²) in [4.78, 5) is 32.3. The van der Waals surface area contributed by atoms with Gasteiger partial charge in [-0.3, -0.25) is 9.59 Å². The van der Waals surface area contributed by atoms with Crippen LogP contribution >= 0.6 is 27.7 Å². The summed E-state index contributed by atoms with van der Waals surface area (Å²) in [7, 11) is 0. The molecule has 3 aromatic rings. The molecular formula is C21H17BrFN3O2S. The fraction of sp³-hybridized carbons (Fsp3) is 0.190. The Morgan fingerprint density at radius 3 is 2.86 bits per heavy atom. The molecule has 5 nitrogen and oxygen atoms in total. The molecule has 0 spiro atoms. The molecule has 0 aliphatic carbocycles. The van der Waals surface area contributed by atoms with Crippen molar-refractivity contribution in [2.45, 2.75) is 30.2 Å². The Bertz CT molecular complexity index is 1160. The molecule has 2 N–H and O–H groups in total. The molecule has 1 aliphatic rings. The zero-order valence-electron chi connectivity index (χ0n) is 15.5. The van der Waals surface area contributed by atoms with Gasteiger partial charge in [-0.2, -0.15) is 0 Å². The number of H-pyrrole nitrogens is 1. The molecule has 1 amide bonds. The number of benzene rings is 2. The van der Waals surface area contributed by atoms with Gasteiger partial charge in [-0.05, 0) is 36.2 Å². The van der Waals surface area contributed by atoms with Crippen LogP contribution < -0.4 is 10.9 Å². The Kier molecular flexibility index (Phi) is 5.56. The second-order valence-electron chi connectivity index (χ2n) is 6.88. The van der Waals surface area contributed by atoms with Crippen molar-refractivity contribution >= 4 is 39.4 Å². The molecule has 0 saturated heterocycles. The van der Waals surface area contributed by atoms with E-state index >= 15 is 0 Å². The topological polar surface area (TPSA) is 74.8 Å². The number of aromatic amines is 1. The maximum Gasteiger partial charge on any atom is 0.257 e. The monoisotopic (exact) mass is 473 g/mol. The molecule has 1 unspecified atom stereocenters. The lowest BCUT2D eigenvalue weighted by Crippen LogP contribution is -2.31. The van der Waals surface area contributed by atoms with Crippen LogP contribution in [-0.2, 0) is 10.5 Å². The number of amides is 1. The molecule has 0 radical (unpaired) electrons. The van der Waals surface area contributed by atoms with Crippen molar-refractivity contribution in [3.63, 3.8) is 0 Å². The summed E-state index contributed by atoms with van der Waals surface area (Å²) in [5.74, 6) is -0.628. The molecule has 1 atom stereocenters. The molecule has 8 heteroatoms. The Morgan fingerprint density at radius 1 is 1.24 bits per heavy atom. The Hall–Kier alpha value is -2.45. The van der Waals surface area contributed by atoms with E-state index in [0.29, 0.717) is 20.9 Å².